The van der Waals surface area contributed by atoms with Crippen LogP contribution in [-0.2, 0) is 38.6 Å². The number of fused-ring (bicyclic) bond motifs is 3. The van der Waals surface area contributed by atoms with E-state index in [1.54, 1.807) is 13.0 Å². The molecule has 3 aliphatic heterocycles. The average molecular weight is 861 g/mol. The number of aliphatic hydroxyl groups excluding tert-OH is 5. The van der Waals surface area contributed by atoms with Gasteiger partial charge in [-0.2, -0.15) is 9.29 Å². The van der Waals surface area contributed by atoms with E-state index in [4.69, 9.17) is 15.0 Å². The number of hydrogen-bond donors (Lipinski definition) is 10. The predicted molar refractivity (Wildman–Crippen MR) is 192 cm³/mol. The number of H-pyrrole nitrogens is 1. The maximum Gasteiger partial charge on any atom is 0.481 e. The molecule has 0 radical (unpaired) electrons. The van der Waals surface area contributed by atoms with Crippen LogP contribution >= 0.6 is 27.6 Å². The van der Waals surface area contributed by atoms with Crippen molar-refractivity contribution in [3.8, 4) is 11.5 Å². The lowest BCUT2D eigenvalue weighted by Crippen LogP contribution is -2.42. The van der Waals surface area contributed by atoms with Gasteiger partial charge in [-0.05, 0) is 36.6 Å². The van der Waals surface area contributed by atoms with Crippen LogP contribution in [-0.4, -0.2) is 130 Å². The first kappa shape index (κ1) is 42.3. The molecule has 1 amide bonds. The Balaban J connectivity index is 1.09. The minimum absolute atomic E-state index is 0.0198. The summed E-state index contributed by atoms with van der Waals surface area (Å²) in [6.45, 7) is 0.0516. The standard InChI is InChI=1S/C28H34N10O16P2S/c1-10-3-12-13(4-17(10)57-36-11(2)39)37(25-19(33-12)26(45)35-28(46)34-25)5-14(40)20(42)15(41)6-51-55(47,48)54-56(49,50)52-7-16-21(43)22(44)27(53-16)38-9-32-18-23(29)30-8-31-24(18)38/h3-4,8-9,14-16,20-22,27,40-44H,5-7H2,1-2H3,(H,36,39)(H,47,48)(H,49,50)(H2,29,30,31)(H,35,45,46)/t14-,15+,16+,20-,21+,22+,27+/m0/s1. The minimum Gasteiger partial charge on any atom is -0.388 e. The third kappa shape index (κ3) is 9.21. The van der Waals surface area contributed by atoms with Crippen LogP contribution < -0.4 is 21.7 Å². The van der Waals surface area contributed by atoms with Crippen molar-refractivity contribution in [2.24, 2.45) is 0 Å². The zero-order chi connectivity index (χ0) is 41.6. The molecule has 11 N–H and O–H groups in total. The molecule has 26 nitrogen and oxygen atoms in total. The van der Waals surface area contributed by atoms with E-state index in [1.165, 1.54) is 23.9 Å². The second kappa shape index (κ2) is 16.5. The highest BCUT2D eigenvalue weighted by molar-refractivity contribution is 7.98. The minimum atomic E-state index is -5.59. The molecule has 0 bridgehead atoms. The lowest BCUT2D eigenvalue weighted by Gasteiger charge is -2.26. The fraction of sp³-hybridized carbons (Fsp3) is 0.429. The number of imidazole rings is 1. The molecule has 0 saturated carbocycles. The first-order valence-corrected chi connectivity index (χ1v) is 20.1. The Morgan fingerprint density at radius 1 is 1.07 bits per heavy atom. The Labute approximate surface area is 322 Å². The highest BCUT2D eigenvalue weighted by atomic mass is 32.2. The number of anilines is 1. The summed E-state index contributed by atoms with van der Waals surface area (Å²) in [4.78, 5) is 79.0. The van der Waals surface area contributed by atoms with Gasteiger partial charge in [0.25, 0.3) is 5.56 Å². The van der Waals surface area contributed by atoms with Gasteiger partial charge in [-0.15, -0.1) is 0 Å². The van der Waals surface area contributed by atoms with Gasteiger partial charge in [0.1, 0.15) is 48.5 Å². The van der Waals surface area contributed by atoms with Crippen molar-refractivity contribution in [1.82, 2.24) is 43.8 Å². The predicted octanol–water partition coefficient (Wildman–Crippen LogP) is -2.59. The summed E-state index contributed by atoms with van der Waals surface area (Å²) in [5, 5.41) is 53.4. The molecule has 1 fully saturated rings. The number of rotatable bonds is 15. The van der Waals surface area contributed by atoms with Gasteiger partial charge in [0.05, 0.1) is 37.1 Å². The Hall–Kier alpha value is -4.31. The second-order valence-electron chi connectivity index (χ2n) is 12.5. The Morgan fingerprint density at radius 3 is 2.51 bits per heavy atom. The molecular weight excluding hydrogens is 826 g/mol. The largest absolute Gasteiger partial charge is 0.481 e. The molecule has 0 aliphatic carbocycles. The van der Waals surface area contributed by atoms with Gasteiger partial charge < -0.3 is 50.4 Å². The van der Waals surface area contributed by atoms with Crippen LogP contribution in [0.25, 0.3) is 33.7 Å². The van der Waals surface area contributed by atoms with Crippen molar-refractivity contribution in [3.05, 3.63) is 51.2 Å². The number of aromatic nitrogens is 8. The topological polar surface area (TPSA) is 392 Å². The number of carbonyl (C=O) groups is 1. The van der Waals surface area contributed by atoms with E-state index in [9.17, 15) is 58.8 Å². The van der Waals surface area contributed by atoms with Gasteiger partial charge >= 0.3 is 21.3 Å². The van der Waals surface area contributed by atoms with Gasteiger partial charge in [-0.1, -0.05) is 0 Å². The number of aromatic amines is 1. The first-order valence-electron chi connectivity index (χ1n) is 16.3. The summed E-state index contributed by atoms with van der Waals surface area (Å²) >= 11 is 0.937. The summed E-state index contributed by atoms with van der Waals surface area (Å²) in [7, 11) is -11.1. The van der Waals surface area contributed by atoms with E-state index >= 15 is 0 Å². The fourth-order valence-corrected chi connectivity index (χ4v) is 8.41. The van der Waals surface area contributed by atoms with Crippen molar-refractivity contribution < 1.29 is 67.3 Å². The molecule has 2 aromatic heterocycles. The SMILES string of the molecule is CC(=O)NSc1cc2c(cc1C)nc1c(=O)[nH]c(=O)nc-1n2C[C@H](O)[C@H](O)[C@H](O)COP(=O)(O)OP(=O)(O)OC[C@H]1O[C@@H](n2cnc3c(N)ncnc32)[C@H](O)[C@@H]1O. The molecule has 9 atom stereocenters. The number of aryl methyl sites for hydroxylation is 1. The Morgan fingerprint density at radius 2 is 1.79 bits per heavy atom. The molecule has 57 heavy (non-hydrogen) atoms. The molecule has 0 spiro atoms. The van der Waals surface area contributed by atoms with Crippen LogP contribution in [0.3, 0.4) is 0 Å². The van der Waals surface area contributed by atoms with Gasteiger partial charge in [0.2, 0.25) is 5.91 Å². The highest BCUT2D eigenvalue weighted by Crippen LogP contribution is 2.60. The van der Waals surface area contributed by atoms with E-state index in [2.05, 4.69) is 38.5 Å². The third-order valence-corrected chi connectivity index (χ3v) is 12.0. The molecule has 3 aliphatic rings. The number of ether oxygens (including phenoxy) is 1. The Bertz CT molecular complexity index is 2500. The van der Waals surface area contributed by atoms with Crippen molar-refractivity contribution in [1.29, 1.82) is 0 Å². The number of benzene rings is 1. The van der Waals surface area contributed by atoms with Gasteiger partial charge in [-0.25, -0.2) is 33.9 Å². The van der Waals surface area contributed by atoms with Crippen molar-refractivity contribution in [2.75, 3.05) is 18.9 Å². The maximum absolute atomic E-state index is 12.6. The van der Waals surface area contributed by atoms with Crippen molar-refractivity contribution >= 4 is 61.5 Å². The van der Waals surface area contributed by atoms with E-state index in [1.807, 2.05) is 4.98 Å². The third-order valence-electron chi connectivity index (χ3n) is 8.38. The zero-order valence-corrected chi connectivity index (χ0v) is 31.9. The summed E-state index contributed by atoms with van der Waals surface area (Å²) in [5.74, 6) is -0.673. The van der Waals surface area contributed by atoms with Gasteiger partial charge in [0.15, 0.2) is 29.2 Å². The number of nitrogens with zero attached hydrogens (tertiary/aromatic N) is 7. The van der Waals surface area contributed by atoms with Crippen molar-refractivity contribution in [3.63, 3.8) is 0 Å². The summed E-state index contributed by atoms with van der Waals surface area (Å²) < 4.78 is 49.2. The molecule has 1 aromatic carbocycles. The lowest BCUT2D eigenvalue weighted by atomic mass is 10.1. The van der Waals surface area contributed by atoms with E-state index in [-0.39, 0.29) is 45.4 Å². The molecule has 3 aromatic rings. The number of hydrogen-bond acceptors (Lipinski definition) is 21. The highest BCUT2D eigenvalue weighted by Gasteiger charge is 2.46. The molecule has 6 rings (SSSR count). The zero-order valence-electron chi connectivity index (χ0n) is 29.3. The van der Waals surface area contributed by atoms with E-state index < -0.39 is 89.5 Å². The number of phosphoric acid groups is 2. The van der Waals surface area contributed by atoms with Crippen LogP contribution in [0.2, 0.25) is 0 Å². The summed E-state index contributed by atoms with van der Waals surface area (Å²) in [5.41, 5.74) is 4.71. The van der Waals surface area contributed by atoms with Crippen LogP contribution in [0.5, 0.6) is 0 Å². The van der Waals surface area contributed by atoms with E-state index in [0.717, 1.165) is 22.8 Å². The molecular formula is C28H34N10O16P2S. The fourth-order valence-electron chi connectivity index (χ4n) is 5.67. The number of nitrogen functional groups attached to an aromatic ring is 1. The van der Waals surface area contributed by atoms with Crippen LogP contribution in [0.4, 0.5) is 5.82 Å². The van der Waals surface area contributed by atoms with Crippen molar-refractivity contribution in [2.45, 2.75) is 68.1 Å². The average Bonchev–Trinajstić information content (AvgIpc) is 3.69. The first-order chi connectivity index (χ1) is 26.7. The van der Waals surface area contributed by atoms with E-state index in [0.29, 0.717) is 10.5 Å². The number of amides is 1. The number of carbonyl (C=O) groups excluding carboxylic acids is 1. The van der Waals surface area contributed by atoms with Gasteiger partial charge in [-0.3, -0.25) is 32.9 Å². The number of nitrogens with one attached hydrogen (secondary N) is 2. The molecule has 308 valence electrons. The normalized spacial score (nSPS) is 22.3. The summed E-state index contributed by atoms with van der Waals surface area (Å²) in [6, 6.07) is 3.05. The molecule has 1 saturated heterocycles. The number of phosphoric ester groups is 2. The maximum atomic E-state index is 12.6. The lowest BCUT2D eigenvalue weighted by molar-refractivity contribution is -0.117. The monoisotopic (exact) mass is 860 g/mol. The van der Waals surface area contributed by atoms with Crippen LogP contribution in [0.15, 0.2) is 39.3 Å². The van der Waals surface area contributed by atoms with Crippen LogP contribution in [0.1, 0.15) is 18.7 Å². The molecule has 2 unspecified atom stereocenters. The number of nitrogens with two attached hydrogens (primary N) is 1. The molecule has 29 heteroatoms. The second-order valence-corrected chi connectivity index (χ2v) is 16.4. The van der Waals surface area contributed by atoms with Gasteiger partial charge in [0, 0.05) is 11.8 Å². The quantitative estimate of drug-likeness (QED) is 0.0293. The molecule has 5 heterocycles. The summed E-state index contributed by atoms with van der Waals surface area (Å²) in [6.07, 6.45) is -10.2. The van der Waals surface area contributed by atoms with Crippen LogP contribution in [0, 0.1) is 6.92 Å². The smallest absolute Gasteiger partial charge is 0.388 e. The number of aliphatic hydroxyl groups is 5. The Kier molecular flexibility index (Phi) is 12.3.